The molecule has 1 aromatic carbocycles. The van der Waals surface area contributed by atoms with Gasteiger partial charge >= 0.3 is 0 Å². The molecule has 0 N–H and O–H groups in total. The van der Waals surface area contributed by atoms with Gasteiger partial charge in [0.2, 0.25) is 5.91 Å². The molecule has 0 radical (unpaired) electrons. The predicted molar refractivity (Wildman–Crippen MR) is 90.6 cm³/mol. The molecule has 0 saturated carbocycles. The number of carbonyl (C=O) groups excluding carboxylic acids is 1. The van der Waals surface area contributed by atoms with Crippen LogP contribution in [0.5, 0.6) is 0 Å². The first-order valence-corrected chi connectivity index (χ1v) is 8.00. The van der Waals surface area contributed by atoms with Crippen LogP contribution >= 0.6 is 0 Å². The summed E-state index contributed by atoms with van der Waals surface area (Å²) in [5.41, 5.74) is 2.10. The third-order valence-corrected chi connectivity index (χ3v) is 3.86. The maximum atomic E-state index is 12.5. The molecule has 0 bridgehead atoms. The van der Waals surface area contributed by atoms with Crippen LogP contribution in [0.15, 0.2) is 54.9 Å². The van der Waals surface area contributed by atoms with E-state index in [-0.39, 0.29) is 18.6 Å². The SMILES string of the molecule is CC[C@@H](C)N(Cc1cccnc1)C(=O)COCc1ccccc1. The van der Waals surface area contributed by atoms with Crippen LogP contribution in [0.3, 0.4) is 0 Å². The van der Waals surface area contributed by atoms with E-state index in [0.29, 0.717) is 13.2 Å². The van der Waals surface area contributed by atoms with Gasteiger partial charge in [-0.2, -0.15) is 0 Å². The highest BCUT2D eigenvalue weighted by Gasteiger charge is 2.19. The van der Waals surface area contributed by atoms with E-state index in [1.165, 1.54) is 0 Å². The summed E-state index contributed by atoms with van der Waals surface area (Å²) in [5.74, 6) is 0.0131. The molecule has 4 nitrogen and oxygen atoms in total. The van der Waals surface area contributed by atoms with E-state index in [0.717, 1.165) is 17.5 Å². The molecule has 0 aliphatic heterocycles. The number of pyridine rings is 1. The van der Waals surface area contributed by atoms with Crippen LogP contribution in [0.25, 0.3) is 0 Å². The first-order valence-electron chi connectivity index (χ1n) is 8.00. The number of benzene rings is 1. The fourth-order valence-corrected chi connectivity index (χ4v) is 2.31. The van der Waals surface area contributed by atoms with Crippen LogP contribution in [0, 0.1) is 0 Å². The van der Waals surface area contributed by atoms with E-state index in [4.69, 9.17) is 4.74 Å². The van der Waals surface area contributed by atoms with E-state index in [9.17, 15) is 4.79 Å². The Balaban J connectivity index is 1.91. The lowest BCUT2D eigenvalue weighted by Gasteiger charge is -2.28. The third kappa shape index (κ3) is 5.49. The number of hydrogen-bond donors (Lipinski definition) is 0. The molecule has 1 atom stereocenters. The smallest absolute Gasteiger partial charge is 0.249 e. The van der Waals surface area contributed by atoms with Crippen molar-refractivity contribution >= 4 is 5.91 Å². The standard InChI is InChI=1S/C19H24N2O2/c1-3-16(2)21(13-18-10-7-11-20-12-18)19(22)15-23-14-17-8-5-4-6-9-17/h4-12,16H,3,13-15H2,1-2H3/t16-/m1/s1. The minimum Gasteiger partial charge on any atom is -0.367 e. The highest BCUT2D eigenvalue weighted by molar-refractivity contribution is 5.77. The number of aromatic nitrogens is 1. The van der Waals surface area contributed by atoms with Gasteiger partial charge in [-0.25, -0.2) is 0 Å². The first-order chi connectivity index (χ1) is 11.2. The van der Waals surface area contributed by atoms with Crippen molar-refractivity contribution in [2.75, 3.05) is 6.61 Å². The molecule has 122 valence electrons. The fraction of sp³-hybridized carbons (Fsp3) is 0.368. The van der Waals surface area contributed by atoms with E-state index in [1.807, 2.05) is 47.4 Å². The van der Waals surface area contributed by atoms with Crippen molar-refractivity contribution < 1.29 is 9.53 Å². The second kappa shape index (κ2) is 9.06. The average Bonchev–Trinajstić information content (AvgIpc) is 2.60. The Hall–Kier alpha value is -2.20. The summed E-state index contributed by atoms with van der Waals surface area (Å²) in [4.78, 5) is 18.5. The van der Waals surface area contributed by atoms with Gasteiger partial charge in [0, 0.05) is 25.0 Å². The lowest BCUT2D eigenvalue weighted by molar-refractivity contribution is -0.139. The summed E-state index contributed by atoms with van der Waals surface area (Å²) in [5, 5.41) is 0. The van der Waals surface area contributed by atoms with Gasteiger partial charge in [0.05, 0.1) is 6.61 Å². The monoisotopic (exact) mass is 312 g/mol. The Kier molecular flexibility index (Phi) is 6.76. The summed E-state index contributed by atoms with van der Waals surface area (Å²) >= 11 is 0. The summed E-state index contributed by atoms with van der Waals surface area (Å²) in [7, 11) is 0. The Morgan fingerprint density at radius 1 is 1.17 bits per heavy atom. The molecule has 1 aromatic heterocycles. The normalized spacial score (nSPS) is 11.9. The van der Waals surface area contributed by atoms with Crippen LogP contribution in [0.2, 0.25) is 0 Å². The van der Waals surface area contributed by atoms with Gasteiger partial charge < -0.3 is 9.64 Å². The number of nitrogens with zero attached hydrogens (tertiary/aromatic N) is 2. The third-order valence-electron chi connectivity index (χ3n) is 3.86. The van der Waals surface area contributed by atoms with E-state index < -0.39 is 0 Å². The van der Waals surface area contributed by atoms with E-state index in [2.05, 4.69) is 18.8 Å². The van der Waals surface area contributed by atoms with Crippen molar-refractivity contribution in [3.63, 3.8) is 0 Å². The van der Waals surface area contributed by atoms with Crippen molar-refractivity contribution in [3.8, 4) is 0 Å². The van der Waals surface area contributed by atoms with Crippen LogP contribution in [-0.4, -0.2) is 28.4 Å². The zero-order valence-electron chi connectivity index (χ0n) is 13.8. The Bertz CT molecular complexity index is 587. The quantitative estimate of drug-likeness (QED) is 0.750. The predicted octanol–water partition coefficient (Wildman–Crippen LogP) is 3.43. The van der Waals surface area contributed by atoms with Crippen molar-refractivity contribution in [1.29, 1.82) is 0 Å². The molecule has 0 unspecified atom stereocenters. The van der Waals surface area contributed by atoms with Gasteiger partial charge in [0.25, 0.3) is 0 Å². The topological polar surface area (TPSA) is 42.4 Å². The maximum Gasteiger partial charge on any atom is 0.249 e. The van der Waals surface area contributed by atoms with E-state index >= 15 is 0 Å². The largest absolute Gasteiger partial charge is 0.367 e. The van der Waals surface area contributed by atoms with E-state index in [1.54, 1.807) is 12.4 Å². The van der Waals surface area contributed by atoms with Gasteiger partial charge in [-0.05, 0) is 30.5 Å². The van der Waals surface area contributed by atoms with Crippen molar-refractivity contribution in [3.05, 3.63) is 66.0 Å². The molecule has 1 amide bonds. The van der Waals surface area contributed by atoms with Crippen molar-refractivity contribution in [2.24, 2.45) is 0 Å². The van der Waals surface area contributed by atoms with Gasteiger partial charge in [-0.15, -0.1) is 0 Å². The summed E-state index contributed by atoms with van der Waals surface area (Å²) in [6.07, 6.45) is 4.44. The van der Waals surface area contributed by atoms with Crippen LogP contribution in [-0.2, 0) is 22.7 Å². The maximum absolute atomic E-state index is 12.5. The second-order valence-corrected chi connectivity index (χ2v) is 5.62. The summed E-state index contributed by atoms with van der Waals surface area (Å²) in [6.45, 7) is 5.26. The minimum absolute atomic E-state index is 0.0131. The highest BCUT2D eigenvalue weighted by Crippen LogP contribution is 2.11. The molecule has 0 fully saturated rings. The molecule has 1 heterocycles. The second-order valence-electron chi connectivity index (χ2n) is 5.62. The molecule has 2 aromatic rings. The number of hydrogen-bond acceptors (Lipinski definition) is 3. The van der Waals surface area contributed by atoms with Crippen molar-refractivity contribution in [1.82, 2.24) is 9.88 Å². The fourth-order valence-electron chi connectivity index (χ4n) is 2.31. The number of amides is 1. The van der Waals surface area contributed by atoms with Crippen LogP contribution < -0.4 is 0 Å². The molecule has 23 heavy (non-hydrogen) atoms. The van der Waals surface area contributed by atoms with Gasteiger partial charge in [0.15, 0.2) is 0 Å². The van der Waals surface area contributed by atoms with Crippen LogP contribution in [0.4, 0.5) is 0 Å². The molecular formula is C19H24N2O2. The molecule has 0 aliphatic rings. The number of carbonyl (C=O) groups is 1. The first kappa shape index (κ1) is 17.2. The van der Waals surface area contributed by atoms with Gasteiger partial charge in [0.1, 0.15) is 6.61 Å². The zero-order chi connectivity index (χ0) is 16.5. The highest BCUT2D eigenvalue weighted by atomic mass is 16.5. The molecule has 0 spiro atoms. The zero-order valence-corrected chi connectivity index (χ0v) is 13.8. The molecular weight excluding hydrogens is 288 g/mol. The molecule has 4 heteroatoms. The lowest BCUT2D eigenvalue weighted by Crippen LogP contribution is -2.40. The minimum atomic E-state index is 0.0131. The Labute approximate surface area is 138 Å². The van der Waals surface area contributed by atoms with Gasteiger partial charge in [-0.3, -0.25) is 9.78 Å². The Morgan fingerprint density at radius 3 is 2.57 bits per heavy atom. The molecule has 0 saturated heterocycles. The Morgan fingerprint density at radius 2 is 1.91 bits per heavy atom. The number of ether oxygens (including phenoxy) is 1. The summed E-state index contributed by atoms with van der Waals surface area (Å²) in [6, 6.07) is 13.9. The summed E-state index contributed by atoms with van der Waals surface area (Å²) < 4.78 is 5.59. The number of rotatable bonds is 8. The average molecular weight is 312 g/mol. The molecule has 0 aliphatic carbocycles. The van der Waals surface area contributed by atoms with Gasteiger partial charge in [-0.1, -0.05) is 43.3 Å². The van der Waals surface area contributed by atoms with Crippen LogP contribution in [0.1, 0.15) is 31.4 Å². The van der Waals surface area contributed by atoms with Crippen molar-refractivity contribution in [2.45, 2.75) is 39.5 Å². The lowest BCUT2D eigenvalue weighted by atomic mass is 10.2. The molecule has 2 rings (SSSR count).